The average Bonchev–Trinajstić information content (AvgIpc) is 3.36. The van der Waals surface area contributed by atoms with Gasteiger partial charge in [-0.1, -0.05) is 47.5 Å². The molecular formula is C29H24Cl2FN3O2. The number of benzene rings is 3. The third-order valence-corrected chi connectivity index (χ3v) is 7.07. The molecule has 2 amide bonds. The van der Waals surface area contributed by atoms with Gasteiger partial charge in [-0.15, -0.1) is 0 Å². The van der Waals surface area contributed by atoms with Gasteiger partial charge in [0.1, 0.15) is 18.4 Å². The smallest absolute Gasteiger partial charge is 0.256 e. The average molecular weight is 536 g/mol. The van der Waals surface area contributed by atoms with Crippen LogP contribution in [0.25, 0.3) is 5.69 Å². The van der Waals surface area contributed by atoms with E-state index in [-0.39, 0.29) is 40.8 Å². The van der Waals surface area contributed by atoms with Crippen LogP contribution in [0.1, 0.15) is 41.5 Å². The number of para-hydroxylation sites is 2. The molecule has 0 N–H and O–H groups in total. The van der Waals surface area contributed by atoms with Crippen molar-refractivity contribution in [3.8, 4) is 5.69 Å². The van der Waals surface area contributed by atoms with Crippen molar-refractivity contribution in [2.24, 2.45) is 0 Å². The largest absolute Gasteiger partial charge is 0.327 e. The van der Waals surface area contributed by atoms with Crippen LogP contribution in [0.3, 0.4) is 0 Å². The molecule has 0 fully saturated rings. The lowest BCUT2D eigenvalue weighted by molar-refractivity contribution is -0.120. The number of hydrogen-bond donors (Lipinski definition) is 0. The SMILES string of the molecule is CC(C)N(CC(=O)N1c2ccccc2-n2cccc2C1c1ccc(F)cc1)C(=O)c1ccc(Cl)cc1Cl. The number of hydrogen-bond acceptors (Lipinski definition) is 2. The van der Waals surface area contributed by atoms with Crippen LogP contribution in [0.2, 0.25) is 10.0 Å². The Morgan fingerprint density at radius 3 is 2.32 bits per heavy atom. The van der Waals surface area contributed by atoms with Gasteiger partial charge in [-0.25, -0.2) is 4.39 Å². The summed E-state index contributed by atoms with van der Waals surface area (Å²) in [6.07, 6.45) is 1.94. The lowest BCUT2D eigenvalue weighted by atomic mass is 9.97. The highest BCUT2D eigenvalue weighted by atomic mass is 35.5. The first-order valence-corrected chi connectivity index (χ1v) is 12.6. The van der Waals surface area contributed by atoms with Crippen LogP contribution >= 0.6 is 23.2 Å². The summed E-state index contributed by atoms with van der Waals surface area (Å²) in [6.45, 7) is 3.52. The van der Waals surface area contributed by atoms with Gasteiger partial charge in [0, 0.05) is 17.3 Å². The minimum atomic E-state index is -0.513. The Morgan fingerprint density at radius 1 is 0.946 bits per heavy atom. The monoisotopic (exact) mass is 535 g/mol. The molecule has 0 saturated carbocycles. The van der Waals surface area contributed by atoms with Crippen molar-refractivity contribution in [3.05, 3.63) is 118 Å². The van der Waals surface area contributed by atoms with Gasteiger partial charge in [0.05, 0.1) is 27.7 Å². The van der Waals surface area contributed by atoms with Gasteiger partial charge in [-0.3, -0.25) is 14.5 Å². The molecule has 1 aliphatic heterocycles. The molecule has 188 valence electrons. The number of fused-ring (bicyclic) bond motifs is 3. The van der Waals surface area contributed by atoms with Gasteiger partial charge in [0.25, 0.3) is 5.91 Å². The minimum absolute atomic E-state index is 0.178. The lowest BCUT2D eigenvalue weighted by Gasteiger charge is -2.40. The van der Waals surface area contributed by atoms with Gasteiger partial charge in [0.15, 0.2) is 0 Å². The molecule has 4 aromatic rings. The molecule has 1 aromatic heterocycles. The van der Waals surface area contributed by atoms with Crippen LogP contribution in [0, 0.1) is 5.82 Å². The molecule has 1 unspecified atom stereocenters. The molecule has 0 bridgehead atoms. The molecule has 5 rings (SSSR count). The quantitative estimate of drug-likeness (QED) is 0.278. The third kappa shape index (κ3) is 4.63. The number of anilines is 1. The van der Waals surface area contributed by atoms with E-state index in [9.17, 15) is 14.0 Å². The van der Waals surface area contributed by atoms with E-state index < -0.39 is 6.04 Å². The standard InChI is InChI=1S/C29H24Cl2FN3O2/c1-18(2)34(29(37)22-14-11-20(30)16-23(22)31)17-27(36)35-25-7-4-3-6-24(25)33-15-5-8-26(33)28(35)19-9-12-21(32)13-10-19/h3-16,18,28H,17H2,1-2H3. The maximum Gasteiger partial charge on any atom is 0.256 e. The first kappa shape index (κ1) is 25.1. The molecular weight excluding hydrogens is 512 g/mol. The van der Waals surface area contributed by atoms with Crippen LogP contribution in [0.4, 0.5) is 10.1 Å². The van der Waals surface area contributed by atoms with Crippen molar-refractivity contribution in [3.63, 3.8) is 0 Å². The summed E-state index contributed by atoms with van der Waals surface area (Å²) in [5, 5.41) is 0.643. The summed E-state index contributed by atoms with van der Waals surface area (Å²) >= 11 is 12.3. The van der Waals surface area contributed by atoms with E-state index in [2.05, 4.69) is 0 Å². The van der Waals surface area contributed by atoms with E-state index in [1.54, 1.807) is 29.2 Å². The molecule has 1 aliphatic rings. The highest BCUT2D eigenvalue weighted by Crippen LogP contribution is 2.42. The fourth-order valence-corrected chi connectivity index (χ4v) is 5.24. The van der Waals surface area contributed by atoms with E-state index in [1.165, 1.54) is 23.1 Å². The summed E-state index contributed by atoms with van der Waals surface area (Å²) in [5.41, 5.74) is 3.44. The van der Waals surface area contributed by atoms with Gasteiger partial charge < -0.3 is 9.47 Å². The van der Waals surface area contributed by atoms with Crippen LogP contribution in [0.15, 0.2) is 85.1 Å². The second-order valence-electron chi connectivity index (χ2n) is 9.16. The van der Waals surface area contributed by atoms with E-state index in [1.807, 2.05) is 61.0 Å². The van der Waals surface area contributed by atoms with Crippen LogP contribution < -0.4 is 4.90 Å². The second kappa shape index (κ2) is 10.0. The Kier molecular flexibility index (Phi) is 6.80. The maximum absolute atomic E-state index is 14.1. The van der Waals surface area contributed by atoms with E-state index in [0.717, 1.165) is 16.9 Å². The van der Waals surface area contributed by atoms with Crippen LogP contribution in [0.5, 0.6) is 0 Å². The molecule has 3 aromatic carbocycles. The molecule has 0 spiro atoms. The summed E-state index contributed by atoms with van der Waals surface area (Å²) in [4.78, 5) is 30.8. The Hall–Kier alpha value is -3.61. The fraction of sp³-hybridized carbons (Fsp3) is 0.172. The molecule has 37 heavy (non-hydrogen) atoms. The predicted octanol–water partition coefficient (Wildman–Crippen LogP) is 6.91. The summed E-state index contributed by atoms with van der Waals surface area (Å²) in [5.74, 6) is -0.997. The maximum atomic E-state index is 14.1. The summed E-state index contributed by atoms with van der Waals surface area (Å²) < 4.78 is 15.8. The zero-order valence-electron chi connectivity index (χ0n) is 20.2. The van der Waals surface area contributed by atoms with E-state index >= 15 is 0 Å². The second-order valence-corrected chi connectivity index (χ2v) is 10.0. The summed E-state index contributed by atoms with van der Waals surface area (Å²) in [7, 11) is 0. The Bertz CT molecular complexity index is 1480. The highest BCUT2D eigenvalue weighted by Gasteiger charge is 2.37. The topological polar surface area (TPSA) is 45.6 Å². The number of aromatic nitrogens is 1. The van der Waals surface area contributed by atoms with Crippen molar-refractivity contribution in [1.29, 1.82) is 0 Å². The lowest BCUT2D eigenvalue weighted by Crippen LogP contribution is -2.48. The highest BCUT2D eigenvalue weighted by molar-refractivity contribution is 6.36. The molecule has 1 atom stereocenters. The third-order valence-electron chi connectivity index (χ3n) is 6.53. The zero-order valence-corrected chi connectivity index (χ0v) is 21.7. The van der Waals surface area contributed by atoms with E-state index in [0.29, 0.717) is 10.7 Å². The van der Waals surface area contributed by atoms with Crippen molar-refractivity contribution >= 4 is 40.7 Å². The predicted molar refractivity (Wildman–Crippen MR) is 144 cm³/mol. The van der Waals surface area contributed by atoms with Gasteiger partial charge in [-0.05, 0) is 74.0 Å². The fourth-order valence-electron chi connectivity index (χ4n) is 4.75. The molecule has 0 aliphatic carbocycles. The number of rotatable bonds is 5. The van der Waals surface area contributed by atoms with Crippen LogP contribution in [-0.2, 0) is 4.79 Å². The number of carbonyl (C=O) groups excluding carboxylic acids is 2. The Morgan fingerprint density at radius 2 is 1.65 bits per heavy atom. The molecule has 0 saturated heterocycles. The van der Waals surface area contributed by atoms with Crippen molar-refractivity contribution < 1.29 is 14.0 Å². The van der Waals surface area contributed by atoms with Crippen molar-refractivity contribution in [2.75, 3.05) is 11.4 Å². The van der Waals surface area contributed by atoms with E-state index in [4.69, 9.17) is 23.2 Å². The van der Waals surface area contributed by atoms with Crippen molar-refractivity contribution in [2.45, 2.75) is 25.9 Å². The van der Waals surface area contributed by atoms with Gasteiger partial charge in [0.2, 0.25) is 5.91 Å². The van der Waals surface area contributed by atoms with Gasteiger partial charge >= 0.3 is 0 Å². The first-order chi connectivity index (χ1) is 17.8. The van der Waals surface area contributed by atoms with Gasteiger partial charge in [-0.2, -0.15) is 0 Å². The van der Waals surface area contributed by atoms with Crippen molar-refractivity contribution in [1.82, 2.24) is 9.47 Å². The number of carbonyl (C=O) groups is 2. The number of amides is 2. The zero-order chi connectivity index (χ0) is 26.3. The molecule has 0 radical (unpaired) electrons. The normalized spacial score (nSPS) is 14.3. The number of halogens is 3. The Balaban J connectivity index is 1.57. The number of nitrogens with zero attached hydrogens (tertiary/aromatic N) is 3. The summed E-state index contributed by atoms with van der Waals surface area (Å²) in [6, 6.07) is 21.5. The Labute approximate surface area is 224 Å². The molecule has 8 heteroatoms. The minimum Gasteiger partial charge on any atom is -0.327 e. The molecule has 2 heterocycles. The van der Waals surface area contributed by atoms with Crippen LogP contribution in [-0.4, -0.2) is 33.9 Å². The molecule has 5 nitrogen and oxygen atoms in total. The first-order valence-electron chi connectivity index (χ1n) is 11.9.